The summed E-state index contributed by atoms with van der Waals surface area (Å²) in [5, 5.41) is 3.69. The average molecular weight is 433 g/mol. The summed E-state index contributed by atoms with van der Waals surface area (Å²) in [6, 6.07) is 15.4. The number of ether oxygens (including phenoxy) is 1. The zero-order valence-electron chi connectivity index (χ0n) is 19.0. The van der Waals surface area contributed by atoms with Gasteiger partial charge in [-0.2, -0.15) is 0 Å². The summed E-state index contributed by atoms with van der Waals surface area (Å²) in [6.07, 6.45) is 6.06. The Kier molecular flexibility index (Phi) is 5.87. The number of rotatable bonds is 4. The van der Waals surface area contributed by atoms with Gasteiger partial charge in [-0.05, 0) is 56.8 Å². The number of nitrogens with zero attached hydrogens (tertiary/aromatic N) is 3. The van der Waals surface area contributed by atoms with Crippen LogP contribution >= 0.6 is 0 Å². The largest absolute Gasteiger partial charge is 0.452 e. The van der Waals surface area contributed by atoms with E-state index < -0.39 is 0 Å². The van der Waals surface area contributed by atoms with Crippen molar-refractivity contribution in [1.82, 2.24) is 14.9 Å². The summed E-state index contributed by atoms with van der Waals surface area (Å²) < 4.78 is 7.50. The number of hydrogen-bond acceptors (Lipinski definition) is 4. The number of anilines is 1. The number of piperidine rings is 1. The van der Waals surface area contributed by atoms with Gasteiger partial charge in [0.25, 0.3) is 0 Å². The molecule has 1 N–H and O–H groups in total. The van der Waals surface area contributed by atoms with Crippen molar-refractivity contribution >= 4 is 22.8 Å². The van der Waals surface area contributed by atoms with Gasteiger partial charge in [0.2, 0.25) is 0 Å². The van der Waals surface area contributed by atoms with Crippen LogP contribution in [0.2, 0.25) is 0 Å². The highest BCUT2D eigenvalue weighted by Gasteiger charge is 2.31. The van der Waals surface area contributed by atoms with Crippen LogP contribution in [0.4, 0.5) is 10.5 Å². The van der Waals surface area contributed by atoms with Gasteiger partial charge in [-0.3, -0.25) is 4.90 Å². The SMILES string of the molecule is COC(=O)N1c2ccc3c(nc(Cc4ccccc4)n3C[C@H]3CCCCN3)c2CC[C@@H]1C. The Morgan fingerprint density at radius 1 is 1.16 bits per heavy atom. The Morgan fingerprint density at radius 3 is 2.75 bits per heavy atom. The Balaban J connectivity index is 1.61. The van der Waals surface area contributed by atoms with E-state index in [0.29, 0.717) is 6.04 Å². The maximum atomic E-state index is 12.5. The van der Waals surface area contributed by atoms with Gasteiger partial charge in [0.1, 0.15) is 5.82 Å². The Labute approximate surface area is 189 Å². The molecule has 32 heavy (non-hydrogen) atoms. The molecule has 1 saturated heterocycles. The smallest absolute Gasteiger partial charge is 0.414 e. The third-order valence-electron chi connectivity index (χ3n) is 6.98. The van der Waals surface area contributed by atoms with Crippen LogP contribution in [0.3, 0.4) is 0 Å². The Hall–Kier alpha value is -2.86. The lowest BCUT2D eigenvalue weighted by molar-refractivity contribution is 0.175. The normalized spacial score (nSPS) is 20.9. The van der Waals surface area contributed by atoms with Gasteiger partial charge in [-0.15, -0.1) is 0 Å². The number of imidazole rings is 1. The van der Waals surface area contributed by atoms with Crippen LogP contribution in [0.5, 0.6) is 0 Å². The summed E-state index contributed by atoms with van der Waals surface area (Å²) in [5.74, 6) is 1.09. The van der Waals surface area contributed by atoms with E-state index in [2.05, 4.69) is 59.3 Å². The van der Waals surface area contributed by atoms with Crippen LogP contribution in [-0.2, 0) is 24.1 Å². The second-order valence-corrected chi connectivity index (χ2v) is 9.11. The molecule has 0 unspecified atom stereocenters. The molecule has 1 fully saturated rings. The molecular formula is C26H32N4O2. The number of aromatic nitrogens is 2. The summed E-state index contributed by atoms with van der Waals surface area (Å²) in [6.45, 7) is 4.10. The van der Waals surface area contributed by atoms with Crippen LogP contribution in [0.25, 0.3) is 11.0 Å². The van der Waals surface area contributed by atoms with Crippen molar-refractivity contribution in [3.8, 4) is 0 Å². The van der Waals surface area contributed by atoms with Gasteiger partial charge in [-0.25, -0.2) is 9.78 Å². The van der Waals surface area contributed by atoms with E-state index in [-0.39, 0.29) is 12.1 Å². The molecule has 6 heteroatoms. The van der Waals surface area contributed by atoms with Gasteiger partial charge in [0.15, 0.2) is 0 Å². The number of fused-ring (bicyclic) bond motifs is 3. The van der Waals surface area contributed by atoms with Crippen LogP contribution in [-0.4, -0.2) is 41.4 Å². The van der Waals surface area contributed by atoms with Gasteiger partial charge in [0.05, 0.1) is 23.8 Å². The van der Waals surface area contributed by atoms with Crippen LogP contribution in [0.1, 0.15) is 49.6 Å². The van der Waals surface area contributed by atoms with Gasteiger partial charge in [0, 0.05) is 30.6 Å². The standard InChI is InChI=1S/C26H32N4O2/c1-18-11-12-21-22(30(18)26(31)32-2)13-14-23-25(21)28-24(16-19-8-4-3-5-9-19)29(23)17-20-10-6-7-15-27-20/h3-5,8-9,13-14,18,20,27H,6-7,10-12,15-17H2,1-2H3/t18-,20+/m0/s1. The lowest BCUT2D eigenvalue weighted by Crippen LogP contribution is -2.42. The van der Waals surface area contributed by atoms with E-state index in [1.807, 2.05) is 0 Å². The first-order chi connectivity index (χ1) is 15.7. The summed E-state index contributed by atoms with van der Waals surface area (Å²) >= 11 is 0. The lowest BCUT2D eigenvalue weighted by Gasteiger charge is -2.34. The predicted octanol–water partition coefficient (Wildman–Crippen LogP) is 4.68. The molecule has 5 rings (SSSR count). The molecule has 1 aromatic heterocycles. The molecule has 168 valence electrons. The zero-order valence-corrected chi connectivity index (χ0v) is 19.0. The molecular weight excluding hydrogens is 400 g/mol. The summed E-state index contributed by atoms with van der Waals surface area (Å²) in [5.41, 5.74) is 5.57. The van der Waals surface area contributed by atoms with E-state index >= 15 is 0 Å². The first-order valence-electron chi connectivity index (χ1n) is 11.8. The van der Waals surface area contributed by atoms with Crippen LogP contribution in [0.15, 0.2) is 42.5 Å². The Morgan fingerprint density at radius 2 is 2.00 bits per heavy atom. The van der Waals surface area contributed by atoms with Gasteiger partial charge < -0.3 is 14.6 Å². The van der Waals surface area contributed by atoms with Crippen LogP contribution in [0, 0.1) is 0 Å². The van der Waals surface area contributed by atoms with Crippen molar-refractivity contribution in [2.75, 3.05) is 18.6 Å². The number of amides is 1. The highest BCUT2D eigenvalue weighted by Crippen LogP contribution is 2.37. The lowest BCUT2D eigenvalue weighted by atomic mass is 9.95. The highest BCUT2D eigenvalue weighted by molar-refractivity contribution is 5.95. The fourth-order valence-electron chi connectivity index (χ4n) is 5.27. The van der Waals surface area contributed by atoms with E-state index in [1.54, 1.807) is 4.90 Å². The molecule has 2 atom stereocenters. The maximum Gasteiger partial charge on any atom is 0.414 e. The third-order valence-corrected chi connectivity index (χ3v) is 6.98. The van der Waals surface area contributed by atoms with Crippen molar-refractivity contribution in [3.05, 3.63) is 59.4 Å². The first kappa shape index (κ1) is 21.0. The first-order valence-corrected chi connectivity index (χ1v) is 11.8. The van der Waals surface area contributed by atoms with Crippen molar-refractivity contribution in [3.63, 3.8) is 0 Å². The molecule has 0 aliphatic carbocycles. The summed E-state index contributed by atoms with van der Waals surface area (Å²) in [4.78, 5) is 19.5. The molecule has 6 nitrogen and oxygen atoms in total. The van der Waals surface area contributed by atoms with Crippen molar-refractivity contribution in [2.24, 2.45) is 0 Å². The zero-order chi connectivity index (χ0) is 22.1. The third kappa shape index (κ3) is 3.88. The number of aryl methyl sites for hydroxylation is 1. The highest BCUT2D eigenvalue weighted by atomic mass is 16.5. The van der Waals surface area contributed by atoms with E-state index in [0.717, 1.165) is 54.9 Å². The predicted molar refractivity (Wildman–Crippen MR) is 127 cm³/mol. The van der Waals surface area contributed by atoms with E-state index in [4.69, 9.17) is 9.72 Å². The number of carbonyl (C=O) groups excluding carboxylic acids is 1. The quantitative estimate of drug-likeness (QED) is 0.651. The number of carbonyl (C=O) groups is 1. The number of hydrogen-bond donors (Lipinski definition) is 1. The molecule has 3 heterocycles. The number of benzene rings is 2. The monoisotopic (exact) mass is 432 g/mol. The molecule has 3 aromatic rings. The van der Waals surface area contributed by atoms with Gasteiger partial charge >= 0.3 is 6.09 Å². The van der Waals surface area contributed by atoms with E-state index in [9.17, 15) is 4.79 Å². The topological polar surface area (TPSA) is 59.4 Å². The minimum absolute atomic E-state index is 0.115. The van der Waals surface area contributed by atoms with Gasteiger partial charge in [-0.1, -0.05) is 36.8 Å². The number of methoxy groups -OCH3 is 1. The minimum Gasteiger partial charge on any atom is -0.452 e. The number of nitrogens with one attached hydrogen (secondary N) is 1. The maximum absolute atomic E-state index is 12.5. The molecule has 2 aliphatic rings. The fraction of sp³-hybridized carbons (Fsp3) is 0.462. The van der Waals surface area contributed by atoms with Crippen molar-refractivity contribution in [2.45, 2.75) is 64.1 Å². The average Bonchev–Trinajstić information content (AvgIpc) is 3.16. The molecule has 2 aliphatic heterocycles. The molecule has 0 bridgehead atoms. The van der Waals surface area contributed by atoms with E-state index in [1.165, 1.54) is 37.5 Å². The molecule has 0 radical (unpaired) electrons. The molecule has 2 aromatic carbocycles. The Bertz CT molecular complexity index is 1100. The molecule has 0 saturated carbocycles. The minimum atomic E-state index is -0.298. The van der Waals surface area contributed by atoms with Crippen molar-refractivity contribution < 1.29 is 9.53 Å². The van der Waals surface area contributed by atoms with Crippen molar-refractivity contribution in [1.29, 1.82) is 0 Å². The molecule has 0 spiro atoms. The summed E-state index contributed by atoms with van der Waals surface area (Å²) in [7, 11) is 1.45. The second-order valence-electron chi connectivity index (χ2n) is 9.11. The second kappa shape index (κ2) is 8.94. The molecule has 1 amide bonds. The van der Waals surface area contributed by atoms with Crippen LogP contribution < -0.4 is 10.2 Å². The fourth-order valence-corrected chi connectivity index (χ4v) is 5.27.